The molecule has 1 aliphatic carbocycles. The number of rotatable bonds is 7. The topological polar surface area (TPSA) is 98.8 Å². The van der Waals surface area contributed by atoms with Crippen molar-refractivity contribution in [3.63, 3.8) is 0 Å². The van der Waals surface area contributed by atoms with Crippen molar-refractivity contribution in [3.8, 4) is 6.07 Å². The minimum Gasteiger partial charge on any atom is -0.466 e. The number of nitrogens with zero attached hydrogens (tertiary/aromatic N) is 4. The quantitative estimate of drug-likeness (QED) is 0.306. The van der Waals surface area contributed by atoms with Gasteiger partial charge in [0.15, 0.2) is 0 Å². The zero-order valence-corrected chi connectivity index (χ0v) is 12.0. The minimum absolute atomic E-state index is 0.196. The highest BCUT2D eigenvalue weighted by molar-refractivity contribution is 5.69. The van der Waals surface area contributed by atoms with Crippen molar-refractivity contribution in [2.75, 3.05) is 6.61 Å². The summed E-state index contributed by atoms with van der Waals surface area (Å²) in [6.07, 6.45) is 5.85. The summed E-state index contributed by atoms with van der Waals surface area (Å²) >= 11 is 0. The number of azide groups is 1. The van der Waals surface area contributed by atoms with Crippen molar-refractivity contribution in [3.05, 3.63) is 10.4 Å². The van der Waals surface area contributed by atoms with Crippen molar-refractivity contribution in [1.82, 2.24) is 0 Å². The monoisotopic (exact) mass is 278 g/mol. The van der Waals surface area contributed by atoms with E-state index in [-0.39, 0.29) is 18.3 Å². The molecule has 0 heterocycles. The van der Waals surface area contributed by atoms with E-state index in [0.717, 1.165) is 32.1 Å². The average molecular weight is 278 g/mol. The molecule has 0 N–H and O–H groups in total. The van der Waals surface area contributed by atoms with Gasteiger partial charge in [-0.25, -0.2) is 0 Å². The van der Waals surface area contributed by atoms with Gasteiger partial charge in [-0.3, -0.25) is 4.79 Å². The third kappa shape index (κ3) is 4.43. The second-order valence-electron chi connectivity index (χ2n) is 5.24. The molecule has 1 saturated carbocycles. The van der Waals surface area contributed by atoms with E-state index >= 15 is 0 Å². The maximum atomic E-state index is 11.5. The molecule has 0 aromatic rings. The number of hydrogen-bond acceptors (Lipinski definition) is 4. The van der Waals surface area contributed by atoms with Crippen molar-refractivity contribution < 1.29 is 9.53 Å². The number of ether oxygens (including phenoxy) is 1. The van der Waals surface area contributed by atoms with E-state index in [0.29, 0.717) is 19.4 Å². The lowest BCUT2D eigenvalue weighted by molar-refractivity contribution is -0.143. The molecule has 0 spiro atoms. The Morgan fingerprint density at radius 2 is 2.40 bits per heavy atom. The predicted molar refractivity (Wildman–Crippen MR) is 74.5 cm³/mol. The molecule has 1 fully saturated rings. The molecule has 2 atom stereocenters. The molecule has 0 amide bonds. The van der Waals surface area contributed by atoms with E-state index in [1.54, 1.807) is 6.92 Å². The number of esters is 1. The third-order valence-corrected chi connectivity index (χ3v) is 4.09. The first-order valence-electron chi connectivity index (χ1n) is 7.27. The van der Waals surface area contributed by atoms with Crippen LogP contribution in [0.5, 0.6) is 0 Å². The van der Waals surface area contributed by atoms with Gasteiger partial charge in [-0.2, -0.15) is 5.26 Å². The lowest BCUT2D eigenvalue weighted by Gasteiger charge is -2.40. The molecule has 110 valence electrons. The first-order valence-corrected chi connectivity index (χ1v) is 7.27. The highest BCUT2D eigenvalue weighted by Gasteiger charge is 2.39. The molecule has 1 rings (SSSR count). The fraction of sp³-hybridized carbons (Fsp3) is 0.857. The van der Waals surface area contributed by atoms with E-state index in [1.807, 2.05) is 0 Å². The van der Waals surface area contributed by atoms with Crippen LogP contribution >= 0.6 is 0 Å². The van der Waals surface area contributed by atoms with Gasteiger partial charge in [0.2, 0.25) is 0 Å². The van der Waals surface area contributed by atoms with E-state index in [9.17, 15) is 4.79 Å². The second kappa shape index (κ2) is 8.44. The van der Waals surface area contributed by atoms with Crippen LogP contribution in [0.15, 0.2) is 5.11 Å². The van der Waals surface area contributed by atoms with E-state index < -0.39 is 5.54 Å². The molecule has 1 aliphatic rings. The molecule has 0 saturated heterocycles. The zero-order chi connectivity index (χ0) is 14.8. The molecule has 0 aliphatic heterocycles. The Bertz CT molecular complexity index is 412. The Morgan fingerprint density at radius 1 is 1.60 bits per heavy atom. The van der Waals surface area contributed by atoms with Crippen LogP contribution in [-0.4, -0.2) is 18.1 Å². The van der Waals surface area contributed by atoms with Gasteiger partial charge < -0.3 is 4.74 Å². The van der Waals surface area contributed by atoms with Gasteiger partial charge >= 0.3 is 5.97 Å². The summed E-state index contributed by atoms with van der Waals surface area (Å²) in [7, 11) is 0. The van der Waals surface area contributed by atoms with Crippen LogP contribution in [0, 0.1) is 17.2 Å². The molecule has 0 unspecified atom stereocenters. The van der Waals surface area contributed by atoms with Gasteiger partial charge in [-0.05, 0) is 44.1 Å². The highest BCUT2D eigenvalue weighted by atomic mass is 16.5. The van der Waals surface area contributed by atoms with Crippen LogP contribution in [0.25, 0.3) is 10.4 Å². The predicted octanol–water partition coefficient (Wildman–Crippen LogP) is 3.87. The number of carbonyl (C=O) groups excluding carboxylic acids is 1. The van der Waals surface area contributed by atoms with Gasteiger partial charge in [0.05, 0.1) is 18.2 Å². The van der Waals surface area contributed by atoms with Crippen molar-refractivity contribution in [2.24, 2.45) is 11.0 Å². The minimum atomic E-state index is -0.517. The van der Waals surface area contributed by atoms with E-state index in [2.05, 4.69) is 16.1 Å². The van der Waals surface area contributed by atoms with Gasteiger partial charge in [-0.15, -0.1) is 0 Å². The lowest BCUT2D eigenvalue weighted by atomic mass is 9.69. The first-order chi connectivity index (χ1) is 9.68. The first kappa shape index (κ1) is 16.3. The van der Waals surface area contributed by atoms with Gasteiger partial charge in [0.1, 0.15) is 0 Å². The van der Waals surface area contributed by atoms with E-state index in [4.69, 9.17) is 15.5 Å². The molecule has 6 heteroatoms. The molecule has 0 aromatic heterocycles. The lowest BCUT2D eigenvalue weighted by Crippen LogP contribution is -2.39. The number of carbonyl (C=O) groups is 1. The summed E-state index contributed by atoms with van der Waals surface area (Å²) in [6, 6.07) is 2.15. The molecular formula is C14H22N4O2. The Balaban J connectivity index is 2.77. The largest absolute Gasteiger partial charge is 0.466 e. The van der Waals surface area contributed by atoms with Crippen LogP contribution in [0.1, 0.15) is 58.3 Å². The molecule has 0 bridgehead atoms. The molecule has 6 nitrogen and oxygen atoms in total. The van der Waals surface area contributed by atoms with Crippen LogP contribution in [0.2, 0.25) is 0 Å². The Kier molecular flexibility index (Phi) is 6.89. The van der Waals surface area contributed by atoms with Crippen molar-refractivity contribution in [1.29, 1.82) is 5.26 Å². The molecular weight excluding hydrogens is 256 g/mol. The van der Waals surface area contributed by atoms with Gasteiger partial charge in [0, 0.05) is 17.8 Å². The van der Waals surface area contributed by atoms with Gasteiger partial charge in [-0.1, -0.05) is 18.0 Å². The third-order valence-electron chi connectivity index (χ3n) is 4.09. The van der Waals surface area contributed by atoms with Crippen LogP contribution in [0.3, 0.4) is 0 Å². The summed E-state index contributed by atoms with van der Waals surface area (Å²) in [6.45, 7) is 2.14. The Labute approximate surface area is 119 Å². The van der Waals surface area contributed by atoms with Crippen LogP contribution in [0.4, 0.5) is 0 Å². The Morgan fingerprint density at radius 3 is 3.05 bits per heavy atom. The summed E-state index contributed by atoms with van der Waals surface area (Å²) < 4.78 is 4.95. The van der Waals surface area contributed by atoms with Crippen molar-refractivity contribution >= 4 is 5.97 Å². The molecule has 0 radical (unpaired) electrons. The maximum Gasteiger partial charge on any atom is 0.305 e. The summed E-state index contributed by atoms with van der Waals surface area (Å²) in [4.78, 5) is 14.5. The second-order valence-corrected chi connectivity index (χ2v) is 5.24. The average Bonchev–Trinajstić information content (AvgIpc) is 2.45. The van der Waals surface area contributed by atoms with E-state index in [1.165, 1.54) is 0 Å². The number of hydrogen-bond donors (Lipinski definition) is 0. The normalized spacial score (nSPS) is 25.3. The number of nitriles is 1. The Hall–Kier alpha value is -1.73. The summed E-state index contributed by atoms with van der Waals surface area (Å²) in [5.41, 5.74) is 8.36. The van der Waals surface area contributed by atoms with Gasteiger partial charge in [0.25, 0.3) is 0 Å². The van der Waals surface area contributed by atoms with Crippen LogP contribution in [-0.2, 0) is 9.53 Å². The molecule has 20 heavy (non-hydrogen) atoms. The van der Waals surface area contributed by atoms with Crippen LogP contribution < -0.4 is 0 Å². The SMILES string of the molecule is CCOC(=O)CC[C@]1(N=[N+]=[N-])CCCC[C@@H]1CCC#N. The fourth-order valence-corrected chi connectivity index (χ4v) is 3.10. The summed E-state index contributed by atoms with van der Waals surface area (Å²) in [5, 5.41) is 12.8. The van der Waals surface area contributed by atoms with Crippen molar-refractivity contribution in [2.45, 2.75) is 63.8 Å². The zero-order valence-electron chi connectivity index (χ0n) is 12.0. The standard InChI is InChI=1S/C14H22N4O2/c1-2-20-13(19)8-10-14(17-18-16)9-4-3-6-12(14)7-5-11-15/h12H,2-10H2,1H3/t12-,14-/m1/s1. The fourth-order valence-electron chi connectivity index (χ4n) is 3.10. The maximum absolute atomic E-state index is 11.5. The smallest absolute Gasteiger partial charge is 0.305 e. The highest BCUT2D eigenvalue weighted by Crippen LogP contribution is 2.43. The summed E-state index contributed by atoms with van der Waals surface area (Å²) in [5.74, 6) is -0.0501. The molecule has 0 aromatic carbocycles.